The lowest BCUT2D eigenvalue weighted by Gasteiger charge is -2.26. The summed E-state index contributed by atoms with van der Waals surface area (Å²) in [6, 6.07) is 3.36. The van der Waals surface area contributed by atoms with Gasteiger partial charge in [-0.15, -0.1) is 0 Å². The first kappa shape index (κ1) is 15.4. The number of carbonyl (C=O) groups is 2. The van der Waals surface area contributed by atoms with Gasteiger partial charge >= 0.3 is 5.97 Å². The SMILES string of the molecule is O=C(Cc1c(F)cccc1F)NC1CCC(C(=O)O)CC1. The predicted octanol–water partition coefficient (Wildman–Crippen LogP) is 2.27. The van der Waals surface area contributed by atoms with Crippen LogP contribution in [0.2, 0.25) is 0 Å². The lowest BCUT2D eigenvalue weighted by atomic mass is 9.86. The van der Waals surface area contributed by atoms with E-state index in [1.165, 1.54) is 6.07 Å². The number of benzene rings is 1. The van der Waals surface area contributed by atoms with Crippen molar-refractivity contribution in [2.75, 3.05) is 0 Å². The number of carboxylic acid groups (broad SMARTS) is 1. The lowest BCUT2D eigenvalue weighted by Crippen LogP contribution is -2.39. The maximum atomic E-state index is 13.4. The van der Waals surface area contributed by atoms with Crippen LogP contribution in [0.5, 0.6) is 0 Å². The zero-order valence-corrected chi connectivity index (χ0v) is 11.4. The first-order valence-corrected chi connectivity index (χ1v) is 6.92. The van der Waals surface area contributed by atoms with Crippen LogP contribution in [0.15, 0.2) is 18.2 Å². The van der Waals surface area contributed by atoms with Crippen molar-refractivity contribution in [2.45, 2.75) is 38.1 Å². The molecule has 1 aromatic rings. The molecule has 0 spiro atoms. The Morgan fingerprint density at radius 3 is 2.24 bits per heavy atom. The summed E-state index contributed by atoms with van der Waals surface area (Å²) in [5.74, 6) is -3.09. The van der Waals surface area contributed by atoms with Gasteiger partial charge in [-0.05, 0) is 37.8 Å². The van der Waals surface area contributed by atoms with Crippen molar-refractivity contribution in [1.29, 1.82) is 0 Å². The van der Waals surface area contributed by atoms with E-state index in [1.807, 2.05) is 0 Å². The molecule has 0 atom stereocenters. The van der Waals surface area contributed by atoms with Gasteiger partial charge in [0.2, 0.25) is 5.91 Å². The molecule has 0 aliphatic heterocycles. The number of amides is 1. The van der Waals surface area contributed by atoms with Crippen molar-refractivity contribution < 1.29 is 23.5 Å². The highest BCUT2D eigenvalue weighted by molar-refractivity contribution is 5.79. The van der Waals surface area contributed by atoms with Crippen molar-refractivity contribution in [3.8, 4) is 0 Å². The summed E-state index contributed by atoms with van der Waals surface area (Å²) in [4.78, 5) is 22.7. The minimum atomic E-state index is -0.812. The lowest BCUT2D eigenvalue weighted by molar-refractivity contribution is -0.142. The molecule has 0 saturated heterocycles. The smallest absolute Gasteiger partial charge is 0.306 e. The molecule has 0 aromatic heterocycles. The average Bonchev–Trinajstić information content (AvgIpc) is 2.43. The molecule has 1 aliphatic carbocycles. The summed E-state index contributed by atoms with van der Waals surface area (Å²) in [7, 11) is 0. The van der Waals surface area contributed by atoms with Crippen LogP contribution >= 0.6 is 0 Å². The molecule has 21 heavy (non-hydrogen) atoms. The summed E-state index contributed by atoms with van der Waals surface area (Å²) < 4.78 is 26.9. The zero-order valence-electron chi connectivity index (χ0n) is 11.4. The molecule has 1 amide bonds. The monoisotopic (exact) mass is 297 g/mol. The minimum Gasteiger partial charge on any atom is -0.481 e. The van der Waals surface area contributed by atoms with Crippen LogP contribution in [0.1, 0.15) is 31.2 Å². The molecular weight excluding hydrogens is 280 g/mol. The largest absolute Gasteiger partial charge is 0.481 e. The maximum absolute atomic E-state index is 13.4. The Kier molecular flexibility index (Phi) is 4.88. The van der Waals surface area contributed by atoms with Crippen molar-refractivity contribution in [3.63, 3.8) is 0 Å². The Labute approximate surface area is 121 Å². The van der Waals surface area contributed by atoms with Gasteiger partial charge in [0.1, 0.15) is 11.6 Å². The molecule has 0 heterocycles. The van der Waals surface area contributed by atoms with Gasteiger partial charge in [0.05, 0.1) is 12.3 Å². The number of carboxylic acids is 1. The summed E-state index contributed by atoms with van der Waals surface area (Å²) >= 11 is 0. The van der Waals surface area contributed by atoms with Crippen LogP contribution < -0.4 is 5.32 Å². The van der Waals surface area contributed by atoms with E-state index in [0.717, 1.165) is 12.1 Å². The summed E-state index contributed by atoms with van der Waals surface area (Å²) in [5.41, 5.74) is -0.241. The molecule has 1 fully saturated rings. The third-order valence-electron chi connectivity index (χ3n) is 3.84. The second-order valence-corrected chi connectivity index (χ2v) is 5.33. The second kappa shape index (κ2) is 6.65. The average molecular weight is 297 g/mol. The van der Waals surface area contributed by atoms with Gasteiger partial charge in [-0.1, -0.05) is 6.07 Å². The predicted molar refractivity (Wildman–Crippen MR) is 71.6 cm³/mol. The molecule has 2 N–H and O–H groups in total. The van der Waals surface area contributed by atoms with Crippen LogP contribution in [0.25, 0.3) is 0 Å². The van der Waals surface area contributed by atoms with Gasteiger partial charge in [0.15, 0.2) is 0 Å². The first-order valence-electron chi connectivity index (χ1n) is 6.92. The number of aliphatic carboxylic acids is 1. The molecule has 0 radical (unpaired) electrons. The van der Waals surface area contributed by atoms with Crippen LogP contribution in [0, 0.1) is 17.6 Å². The van der Waals surface area contributed by atoms with Crippen LogP contribution in [0.3, 0.4) is 0 Å². The van der Waals surface area contributed by atoms with Crippen molar-refractivity contribution in [2.24, 2.45) is 5.92 Å². The van der Waals surface area contributed by atoms with E-state index in [9.17, 15) is 18.4 Å². The fourth-order valence-electron chi connectivity index (χ4n) is 2.63. The maximum Gasteiger partial charge on any atom is 0.306 e. The highest BCUT2D eigenvalue weighted by atomic mass is 19.1. The van der Waals surface area contributed by atoms with Gasteiger partial charge in [-0.3, -0.25) is 9.59 Å². The Morgan fingerprint density at radius 1 is 1.14 bits per heavy atom. The molecule has 1 aliphatic rings. The third kappa shape index (κ3) is 4.00. The number of nitrogens with one attached hydrogen (secondary N) is 1. The molecular formula is C15H17F2NO3. The van der Waals surface area contributed by atoms with E-state index in [4.69, 9.17) is 5.11 Å². The quantitative estimate of drug-likeness (QED) is 0.896. The van der Waals surface area contributed by atoms with E-state index in [2.05, 4.69) is 5.32 Å². The molecule has 4 nitrogen and oxygen atoms in total. The van der Waals surface area contributed by atoms with Crippen molar-refractivity contribution in [3.05, 3.63) is 35.4 Å². The van der Waals surface area contributed by atoms with Gasteiger partial charge in [-0.2, -0.15) is 0 Å². The molecule has 0 bridgehead atoms. The van der Waals surface area contributed by atoms with E-state index in [-0.39, 0.29) is 23.9 Å². The fourth-order valence-corrected chi connectivity index (χ4v) is 2.63. The van der Waals surface area contributed by atoms with Gasteiger partial charge in [-0.25, -0.2) is 8.78 Å². The number of halogens is 2. The first-order chi connectivity index (χ1) is 9.97. The third-order valence-corrected chi connectivity index (χ3v) is 3.84. The molecule has 1 aromatic carbocycles. The van der Waals surface area contributed by atoms with E-state index < -0.39 is 23.5 Å². The second-order valence-electron chi connectivity index (χ2n) is 5.33. The van der Waals surface area contributed by atoms with Gasteiger partial charge < -0.3 is 10.4 Å². The topological polar surface area (TPSA) is 66.4 Å². The summed E-state index contributed by atoms with van der Waals surface area (Å²) in [6.45, 7) is 0. The Balaban J connectivity index is 1.87. The summed E-state index contributed by atoms with van der Waals surface area (Å²) in [6.07, 6.45) is 1.81. The Hall–Kier alpha value is -1.98. The molecule has 1 saturated carbocycles. The van der Waals surface area contributed by atoms with Crippen molar-refractivity contribution >= 4 is 11.9 Å². The molecule has 2 rings (SSSR count). The number of carbonyl (C=O) groups excluding carboxylic acids is 1. The van der Waals surface area contributed by atoms with Crippen LogP contribution in [-0.4, -0.2) is 23.0 Å². The van der Waals surface area contributed by atoms with Crippen LogP contribution in [-0.2, 0) is 16.0 Å². The highest BCUT2D eigenvalue weighted by Crippen LogP contribution is 2.24. The van der Waals surface area contributed by atoms with Gasteiger partial charge in [0.25, 0.3) is 0 Å². The molecule has 6 heteroatoms. The zero-order chi connectivity index (χ0) is 15.4. The van der Waals surface area contributed by atoms with E-state index in [0.29, 0.717) is 25.7 Å². The van der Waals surface area contributed by atoms with Gasteiger partial charge in [0, 0.05) is 11.6 Å². The Morgan fingerprint density at radius 2 is 1.71 bits per heavy atom. The molecule has 114 valence electrons. The number of hydrogen-bond acceptors (Lipinski definition) is 2. The number of rotatable bonds is 4. The van der Waals surface area contributed by atoms with Crippen molar-refractivity contribution in [1.82, 2.24) is 5.32 Å². The van der Waals surface area contributed by atoms with E-state index in [1.54, 1.807) is 0 Å². The standard InChI is InChI=1S/C15H17F2NO3/c16-12-2-1-3-13(17)11(12)8-14(19)18-10-6-4-9(5-7-10)15(20)21/h1-3,9-10H,4-8H2,(H,18,19)(H,20,21). The van der Waals surface area contributed by atoms with Crippen LogP contribution in [0.4, 0.5) is 8.78 Å². The fraction of sp³-hybridized carbons (Fsp3) is 0.467. The number of hydrogen-bond donors (Lipinski definition) is 2. The normalized spacial score (nSPS) is 21.8. The Bertz CT molecular complexity index is 519. The minimum absolute atomic E-state index is 0.122. The molecule has 0 unspecified atom stereocenters. The summed E-state index contributed by atoms with van der Waals surface area (Å²) in [5, 5.41) is 11.6. The van der Waals surface area contributed by atoms with E-state index >= 15 is 0 Å². The highest BCUT2D eigenvalue weighted by Gasteiger charge is 2.27.